The first kappa shape index (κ1) is 11.1. The van der Waals surface area contributed by atoms with E-state index in [1.165, 1.54) is 0 Å². The standard InChI is InChI=1S/C14H11N3O3/c1-3-9(12-10(4-1)15-6-8-19-12)14-16-13(17-20-14)11-5-2-7-18-11/h1-5,7,15H,6,8H2. The molecule has 3 aromatic rings. The Morgan fingerprint density at radius 3 is 3.05 bits per heavy atom. The molecule has 0 atom stereocenters. The smallest absolute Gasteiger partial charge is 0.262 e. The Hall–Kier alpha value is -2.76. The molecule has 1 aliphatic rings. The van der Waals surface area contributed by atoms with Crippen molar-refractivity contribution >= 4 is 5.69 Å². The lowest BCUT2D eigenvalue weighted by atomic mass is 10.1. The number of benzene rings is 1. The second-order valence-corrected chi connectivity index (χ2v) is 4.36. The van der Waals surface area contributed by atoms with Gasteiger partial charge in [0.15, 0.2) is 11.5 Å². The first-order chi connectivity index (χ1) is 9.92. The number of hydrogen-bond donors (Lipinski definition) is 1. The fourth-order valence-electron chi connectivity index (χ4n) is 2.18. The number of hydrogen-bond acceptors (Lipinski definition) is 6. The number of aromatic nitrogens is 2. The lowest BCUT2D eigenvalue weighted by molar-refractivity contribution is 0.322. The molecule has 3 heterocycles. The SMILES string of the molecule is c1coc(-c2noc(-c3cccc4c3OCCN4)n2)c1. The van der Waals surface area contributed by atoms with Crippen LogP contribution in [0.5, 0.6) is 5.75 Å². The average Bonchev–Trinajstić information content (AvgIpc) is 3.17. The average molecular weight is 269 g/mol. The van der Waals surface area contributed by atoms with Crippen LogP contribution in [0.4, 0.5) is 5.69 Å². The van der Waals surface area contributed by atoms with Crippen LogP contribution in [0.2, 0.25) is 0 Å². The summed E-state index contributed by atoms with van der Waals surface area (Å²) >= 11 is 0. The van der Waals surface area contributed by atoms with Gasteiger partial charge in [-0.05, 0) is 24.3 Å². The molecule has 0 saturated heterocycles. The molecule has 20 heavy (non-hydrogen) atoms. The van der Waals surface area contributed by atoms with Crippen molar-refractivity contribution < 1.29 is 13.7 Å². The van der Waals surface area contributed by atoms with E-state index in [2.05, 4.69) is 15.5 Å². The summed E-state index contributed by atoms with van der Waals surface area (Å²) < 4.78 is 16.3. The summed E-state index contributed by atoms with van der Waals surface area (Å²) in [5, 5.41) is 7.20. The highest BCUT2D eigenvalue weighted by Crippen LogP contribution is 2.37. The molecule has 1 aliphatic heterocycles. The monoisotopic (exact) mass is 269 g/mol. The molecule has 6 heteroatoms. The first-order valence-electron chi connectivity index (χ1n) is 6.29. The maximum atomic E-state index is 5.70. The molecule has 1 N–H and O–H groups in total. The van der Waals surface area contributed by atoms with Gasteiger partial charge in [-0.1, -0.05) is 11.2 Å². The zero-order valence-electron chi connectivity index (χ0n) is 10.5. The molecule has 0 unspecified atom stereocenters. The predicted molar refractivity (Wildman–Crippen MR) is 71.4 cm³/mol. The Morgan fingerprint density at radius 1 is 1.15 bits per heavy atom. The normalized spacial score (nSPS) is 13.4. The van der Waals surface area contributed by atoms with Crippen molar-refractivity contribution in [3.05, 3.63) is 36.6 Å². The van der Waals surface area contributed by atoms with Gasteiger partial charge in [-0.25, -0.2) is 0 Å². The predicted octanol–water partition coefficient (Wildman–Crippen LogP) is 2.80. The molecule has 0 spiro atoms. The molecule has 0 fully saturated rings. The van der Waals surface area contributed by atoms with Crippen molar-refractivity contribution in [1.82, 2.24) is 10.1 Å². The summed E-state index contributed by atoms with van der Waals surface area (Å²) in [4.78, 5) is 4.35. The fourth-order valence-corrected chi connectivity index (χ4v) is 2.18. The van der Waals surface area contributed by atoms with Crippen molar-refractivity contribution in [2.24, 2.45) is 0 Å². The van der Waals surface area contributed by atoms with Crippen LogP contribution in [-0.2, 0) is 0 Å². The zero-order chi connectivity index (χ0) is 13.4. The topological polar surface area (TPSA) is 73.3 Å². The maximum Gasteiger partial charge on any atom is 0.262 e. The highest BCUT2D eigenvalue weighted by Gasteiger charge is 2.20. The van der Waals surface area contributed by atoms with Crippen molar-refractivity contribution in [1.29, 1.82) is 0 Å². The van der Waals surface area contributed by atoms with Crippen LogP contribution >= 0.6 is 0 Å². The highest BCUT2D eigenvalue weighted by atomic mass is 16.5. The molecule has 4 rings (SSSR count). The fraction of sp³-hybridized carbons (Fsp3) is 0.143. The number of nitrogens with one attached hydrogen (secondary N) is 1. The number of anilines is 1. The van der Waals surface area contributed by atoms with E-state index in [1.807, 2.05) is 18.2 Å². The summed E-state index contributed by atoms with van der Waals surface area (Å²) in [6.45, 7) is 1.40. The van der Waals surface area contributed by atoms with Crippen LogP contribution in [0.25, 0.3) is 23.0 Å². The Balaban J connectivity index is 1.78. The molecule has 0 radical (unpaired) electrons. The molecule has 0 amide bonds. The van der Waals surface area contributed by atoms with Crippen LogP contribution in [0.1, 0.15) is 0 Å². The van der Waals surface area contributed by atoms with Gasteiger partial charge >= 0.3 is 0 Å². The van der Waals surface area contributed by atoms with Crippen LogP contribution in [0, 0.1) is 0 Å². The van der Waals surface area contributed by atoms with Gasteiger partial charge in [-0.2, -0.15) is 4.98 Å². The Morgan fingerprint density at radius 2 is 2.15 bits per heavy atom. The van der Waals surface area contributed by atoms with Crippen LogP contribution in [-0.4, -0.2) is 23.3 Å². The van der Waals surface area contributed by atoms with E-state index in [9.17, 15) is 0 Å². The third-order valence-corrected chi connectivity index (χ3v) is 3.08. The summed E-state index contributed by atoms with van der Waals surface area (Å²) in [6.07, 6.45) is 1.57. The van der Waals surface area contributed by atoms with Gasteiger partial charge in [0.1, 0.15) is 6.61 Å². The minimum Gasteiger partial charge on any atom is -0.489 e. The zero-order valence-corrected chi connectivity index (χ0v) is 10.5. The highest BCUT2D eigenvalue weighted by molar-refractivity contribution is 5.75. The van der Waals surface area contributed by atoms with Gasteiger partial charge in [0, 0.05) is 6.54 Å². The van der Waals surface area contributed by atoms with Gasteiger partial charge in [-0.15, -0.1) is 0 Å². The van der Waals surface area contributed by atoms with Crippen LogP contribution in [0.15, 0.2) is 45.5 Å². The third-order valence-electron chi connectivity index (χ3n) is 3.08. The number of para-hydroxylation sites is 1. The third kappa shape index (κ3) is 1.73. The van der Waals surface area contributed by atoms with E-state index >= 15 is 0 Å². The van der Waals surface area contributed by atoms with Crippen molar-refractivity contribution in [2.45, 2.75) is 0 Å². The first-order valence-corrected chi connectivity index (χ1v) is 6.29. The van der Waals surface area contributed by atoms with Crippen molar-refractivity contribution in [3.8, 4) is 28.8 Å². The lowest BCUT2D eigenvalue weighted by Crippen LogP contribution is -2.18. The second kappa shape index (κ2) is 4.41. The summed E-state index contributed by atoms with van der Waals surface area (Å²) in [7, 11) is 0. The number of fused-ring (bicyclic) bond motifs is 1. The molecule has 1 aromatic carbocycles. The van der Waals surface area contributed by atoms with E-state index in [0.717, 1.165) is 23.5 Å². The molecular weight excluding hydrogens is 258 g/mol. The summed E-state index contributed by atoms with van der Waals surface area (Å²) in [5.41, 5.74) is 1.71. The maximum absolute atomic E-state index is 5.70. The van der Waals surface area contributed by atoms with E-state index < -0.39 is 0 Å². The Labute approximate surface area is 114 Å². The lowest BCUT2D eigenvalue weighted by Gasteiger charge is -2.20. The van der Waals surface area contributed by atoms with E-state index in [1.54, 1.807) is 18.4 Å². The van der Waals surface area contributed by atoms with Gasteiger partial charge in [0.25, 0.3) is 5.89 Å². The van der Waals surface area contributed by atoms with Gasteiger partial charge < -0.3 is 19.0 Å². The molecule has 0 bridgehead atoms. The quantitative estimate of drug-likeness (QED) is 0.771. The molecule has 0 aliphatic carbocycles. The van der Waals surface area contributed by atoms with Gasteiger partial charge in [0.05, 0.1) is 17.5 Å². The second-order valence-electron chi connectivity index (χ2n) is 4.36. The van der Waals surface area contributed by atoms with Crippen LogP contribution < -0.4 is 10.1 Å². The number of ether oxygens (including phenoxy) is 1. The molecule has 0 saturated carbocycles. The van der Waals surface area contributed by atoms with Crippen LogP contribution in [0.3, 0.4) is 0 Å². The Bertz CT molecular complexity index is 734. The van der Waals surface area contributed by atoms with Gasteiger partial charge in [-0.3, -0.25) is 0 Å². The minimum atomic E-state index is 0.414. The molecular formula is C14H11N3O3. The molecule has 6 nitrogen and oxygen atoms in total. The van der Waals surface area contributed by atoms with Crippen molar-refractivity contribution in [2.75, 3.05) is 18.5 Å². The van der Waals surface area contributed by atoms with E-state index in [-0.39, 0.29) is 0 Å². The molecule has 2 aromatic heterocycles. The summed E-state index contributed by atoms with van der Waals surface area (Å²) in [6, 6.07) is 9.34. The Kier molecular flexibility index (Phi) is 2.45. The molecule has 100 valence electrons. The number of nitrogens with zero attached hydrogens (tertiary/aromatic N) is 2. The number of rotatable bonds is 2. The van der Waals surface area contributed by atoms with Gasteiger partial charge in [0.2, 0.25) is 5.82 Å². The van der Waals surface area contributed by atoms with E-state index in [4.69, 9.17) is 13.7 Å². The summed E-state index contributed by atoms with van der Waals surface area (Å²) in [5.74, 6) is 2.15. The van der Waals surface area contributed by atoms with Crippen molar-refractivity contribution in [3.63, 3.8) is 0 Å². The van der Waals surface area contributed by atoms with E-state index in [0.29, 0.717) is 24.1 Å². The minimum absolute atomic E-state index is 0.414. The number of furan rings is 1. The largest absolute Gasteiger partial charge is 0.489 e.